The Labute approximate surface area is 623 Å². The van der Waals surface area contributed by atoms with Crippen LogP contribution in [0.1, 0.15) is 233 Å². The highest BCUT2D eigenvalue weighted by atomic mass is 16.5. The lowest BCUT2D eigenvalue weighted by Crippen LogP contribution is -2.42. The molecule has 0 aromatic rings. The number of rotatable bonds is 48. The van der Waals surface area contributed by atoms with E-state index in [0.29, 0.717) is 154 Å². The highest BCUT2D eigenvalue weighted by Gasteiger charge is 2.35. The van der Waals surface area contributed by atoms with E-state index in [2.05, 4.69) is 146 Å². The number of ether oxygens (including phenoxy) is 4. The van der Waals surface area contributed by atoms with E-state index in [1.54, 1.807) is 12.2 Å². The molecule has 0 heterocycles. The summed E-state index contributed by atoms with van der Waals surface area (Å²) in [6.45, 7) is 39.7. The fourth-order valence-electron chi connectivity index (χ4n) is 13.8. The summed E-state index contributed by atoms with van der Waals surface area (Å²) in [6, 6.07) is -0.897. The van der Waals surface area contributed by atoms with Gasteiger partial charge in [-0.15, -0.1) is 0 Å². The number of carbonyl (C=O) groups is 6. The Balaban J connectivity index is 1.72. The summed E-state index contributed by atoms with van der Waals surface area (Å²) in [6.07, 6.45) is 51.0. The lowest BCUT2D eigenvalue weighted by Gasteiger charge is -2.41. The maximum atomic E-state index is 14.6. The Bertz CT molecular complexity index is 3130. The van der Waals surface area contributed by atoms with Crippen molar-refractivity contribution in [3.05, 3.63) is 165 Å². The third kappa shape index (κ3) is 39.8. The summed E-state index contributed by atoms with van der Waals surface area (Å²) in [5, 5.41) is 14.9. The Morgan fingerprint density at radius 2 is 0.951 bits per heavy atom. The molecule has 3 rings (SSSR count). The second kappa shape index (κ2) is 50.6. The first-order chi connectivity index (χ1) is 49.0. The van der Waals surface area contributed by atoms with Crippen molar-refractivity contribution in [3.8, 4) is 0 Å². The van der Waals surface area contributed by atoms with Crippen LogP contribution in [0.2, 0.25) is 0 Å². The molecule has 4 atom stereocenters. The molecule has 3 aliphatic carbocycles. The highest BCUT2D eigenvalue weighted by molar-refractivity contribution is 5.96. The fourth-order valence-corrected chi connectivity index (χ4v) is 13.8. The van der Waals surface area contributed by atoms with Gasteiger partial charge in [0, 0.05) is 83.0 Å². The average Bonchev–Trinajstić information content (AvgIpc) is 0.836. The van der Waals surface area contributed by atoms with Crippen molar-refractivity contribution in [2.45, 2.75) is 239 Å². The summed E-state index contributed by atoms with van der Waals surface area (Å²) >= 11 is 0. The molecule has 0 bridgehead atoms. The van der Waals surface area contributed by atoms with Crippen molar-refractivity contribution >= 4 is 35.3 Å². The molecule has 574 valence electrons. The van der Waals surface area contributed by atoms with Crippen molar-refractivity contribution < 1.29 is 47.7 Å². The van der Waals surface area contributed by atoms with Crippen molar-refractivity contribution in [2.75, 3.05) is 79.0 Å². The molecule has 0 aromatic heterocycles. The predicted molar refractivity (Wildman–Crippen MR) is 426 cm³/mol. The number of unbranched alkanes of at least 4 members (excludes halogenated alkanes) is 2. The second-order valence-electron chi connectivity index (χ2n) is 30.9. The normalized spacial score (nSPS) is 19.4. The Hall–Kier alpha value is -6.78. The van der Waals surface area contributed by atoms with Crippen LogP contribution in [-0.2, 0) is 47.7 Å². The zero-order valence-electron chi connectivity index (χ0n) is 66.7. The number of amides is 5. The van der Waals surface area contributed by atoms with Gasteiger partial charge in [0.2, 0.25) is 29.5 Å². The number of Topliss-reactive ketones (excluding diaryl/α,β-unsaturated/α-hetero) is 1. The third-order valence-electron chi connectivity index (χ3n) is 19.9. The van der Waals surface area contributed by atoms with Crippen molar-refractivity contribution in [2.24, 2.45) is 34.0 Å². The lowest BCUT2D eigenvalue weighted by molar-refractivity contribution is -0.131. The lowest BCUT2D eigenvalue weighted by atomic mass is 9.64. The molecular weight excluding hydrogens is 1290 g/mol. The number of ketones is 1. The van der Waals surface area contributed by atoms with Gasteiger partial charge in [0.15, 0.2) is 5.78 Å². The Morgan fingerprint density at radius 1 is 0.495 bits per heavy atom. The summed E-state index contributed by atoms with van der Waals surface area (Å²) < 4.78 is 22.3. The molecule has 1 fully saturated rings. The van der Waals surface area contributed by atoms with Gasteiger partial charge in [0.05, 0.1) is 39.1 Å². The highest BCUT2D eigenvalue weighted by Crippen LogP contribution is 2.45. The van der Waals surface area contributed by atoms with Crippen molar-refractivity contribution in [1.29, 1.82) is 0 Å². The van der Waals surface area contributed by atoms with E-state index in [1.807, 2.05) is 82.4 Å². The van der Waals surface area contributed by atoms with Gasteiger partial charge in [-0.1, -0.05) is 187 Å². The van der Waals surface area contributed by atoms with Crippen molar-refractivity contribution in [3.63, 3.8) is 0 Å². The summed E-state index contributed by atoms with van der Waals surface area (Å²) in [4.78, 5) is 80.7. The van der Waals surface area contributed by atoms with Crippen LogP contribution in [0.3, 0.4) is 0 Å². The van der Waals surface area contributed by atoms with Crippen LogP contribution < -0.4 is 26.6 Å². The minimum atomic E-state index is -0.897. The maximum Gasteiger partial charge on any atom is 0.244 e. The van der Waals surface area contributed by atoms with Crippen LogP contribution in [-0.4, -0.2) is 120 Å². The largest absolute Gasteiger partial charge is 0.381 e. The molecular formula is C88H137N5O10. The van der Waals surface area contributed by atoms with Gasteiger partial charge in [0.25, 0.3) is 0 Å². The van der Waals surface area contributed by atoms with E-state index in [4.69, 9.17) is 18.9 Å². The number of allylic oxidation sites excluding steroid dienone is 25. The summed E-state index contributed by atoms with van der Waals surface area (Å²) in [5.41, 5.74) is 12.0. The molecule has 15 nitrogen and oxygen atoms in total. The molecule has 2 unspecified atom stereocenters. The molecule has 0 aliphatic heterocycles. The summed E-state index contributed by atoms with van der Waals surface area (Å²) in [5.74, 6) is -0.978. The van der Waals surface area contributed by atoms with Gasteiger partial charge in [-0.3, -0.25) is 28.8 Å². The predicted octanol–water partition coefficient (Wildman–Crippen LogP) is 17.6. The molecule has 5 N–H and O–H groups in total. The quantitative estimate of drug-likeness (QED) is 0.0222. The number of hydrogen-bond acceptors (Lipinski definition) is 10. The number of carbonyl (C=O) groups excluding carboxylic acids is 6. The zero-order chi connectivity index (χ0) is 76.1. The molecule has 0 radical (unpaired) electrons. The van der Waals surface area contributed by atoms with E-state index in [-0.39, 0.29) is 52.1 Å². The topological polar surface area (TPSA) is 199 Å². The SMILES string of the molecule is CCOCCC(=O)NCCCOCCOCCOCCCNC(=O)[C@@H](CCCCNC(=O)/C=C(C)/C=C/C=C(C)/C=C/C1=C(C)CCCC1(C)C)CC(=O)[C@@H](CCCCNC(=O)/C=C(C)/C=C/C=C(C)/C=C/C1=C(C)CCCC1(C)C)NC(=O)/C=C(C)/C=C/C=C(C)/C=C/C1C(C)CCCC1(C)C. The van der Waals surface area contributed by atoms with Crippen LogP contribution in [0.4, 0.5) is 0 Å². The first-order valence-electron chi connectivity index (χ1n) is 38.8. The van der Waals surface area contributed by atoms with Gasteiger partial charge < -0.3 is 45.5 Å². The van der Waals surface area contributed by atoms with Crippen LogP contribution in [0.15, 0.2) is 165 Å². The number of hydrogen-bond donors (Lipinski definition) is 5. The molecule has 3 aliphatic rings. The van der Waals surface area contributed by atoms with Gasteiger partial charge >= 0.3 is 0 Å². The molecule has 103 heavy (non-hydrogen) atoms. The summed E-state index contributed by atoms with van der Waals surface area (Å²) in [7, 11) is 0. The standard InChI is InChI=1S/C88H137N5O10/c1-17-100-57-47-81(95)89-53-28-55-101-58-60-103-61-59-102-56-29-54-92-85(99)75(39-18-20-51-90-82(96)62-69(5)33-22-30-66(2)41-44-76-72(8)36-25-48-86(76,11)12)65-80(94)79(93-84(98)64-71(7)35-24-32-68(4)43-46-78-74(10)38-27-50-88(78,15)16)40-19-21-52-91-83(97)63-70(6)34-23-31-67(3)42-45-77-73(9)37-26-49-87(77,13)14/h22-24,30-35,41-46,62-64,74-75,78-79H,17-21,25-29,36-40,47-61,65H2,1-16H3,(H,89,95)(H,90,96)(H,91,97)(H,92,99)(H,93,98)/b33-22+,34-23+,35-24+,44-41+,45-42+,46-43+,66-30+,67-31+,68-32+,69-62+,70-63+,71-64+/t74?,75-,78?,79+/m0/s1. The average molecular weight is 1430 g/mol. The maximum absolute atomic E-state index is 14.6. The zero-order valence-corrected chi connectivity index (χ0v) is 66.7. The van der Waals surface area contributed by atoms with Crippen LogP contribution >= 0.6 is 0 Å². The van der Waals surface area contributed by atoms with Crippen LogP contribution in [0.25, 0.3) is 0 Å². The van der Waals surface area contributed by atoms with E-state index in [0.717, 1.165) is 40.7 Å². The number of nitrogens with one attached hydrogen (secondary N) is 5. The third-order valence-corrected chi connectivity index (χ3v) is 19.9. The Kier molecular flexibility index (Phi) is 44.4. The smallest absolute Gasteiger partial charge is 0.244 e. The molecule has 1 saturated carbocycles. The van der Waals surface area contributed by atoms with E-state index in [1.165, 1.54) is 73.3 Å². The molecule has 15 heteroatoms. The van der Waals surface area contributed by atoms with E-state index >= 15 is 0 Å². The molecule has 0 spiro atoms. The first kappa shape index (κ1) is 90.4. The minimum absolute atomic E-state index is 0.0360. The monoisotopic (exact) mass is 1420 g/mol. The first-order valence-corrected chi connectivity index (χ1v) is 38.8. The van der Waals surface area contributed by atoms with Gasteiger partial charge in [-0.25, -0.2) is 0 Å². The van der Waals surface area contributed by atoms with Gasteiger partial charge in [0.1, 0.15) is 0 Å². The molecule has 0 aromatic carbocycles. The Morgan fingerprint density at radius 3 is 1.44 bits per heavy atom. The van der Waals surface area contributed by atoms with Crippen LogP contribution in [0.5, 0.6) is 0 Å². The molecule has 0 saturated heterocycles. The van der Waals surface area contributed by atoms with E-state index < -0.39 is 17.9 Å². The fraction of sp³-hybridized carbons (Fsp3) is 0.614. The second-order valence-corrected chi connectivity index (χ2v) is 30.9. The van der Waals surface area contributed by atoms with E-state index in [9.17, 15) is 28.8 Å². The van der Waals surface area contributed by atoms with Crippen LogP contribution in [0, 0.1) is 34.0 Å². The van der Waals surface area contributed by atoms with Crippen molar-refractivity contribution in [1.82, 2.24) is 26.6 Å². The van der Waals surface area contributed by atoms with Gasteiger partial charge in [-0.2, -0.15) is 0 Å². The minimum Gasteiger partial charge on any atom is -0.381 e. The van der Waals surface area contributed by atoms with Gasteiger partial charge in [-0.05, 0) is 208 Å². The molecule has 5 amide bonds.